The van der Waals surface area contributed by atoms with Gasteiger partial charge in [0.05, 0.1) is 59.8 Å². The third-order valence-electron chi connectivity index (χ3n) is 10.6. The van der Waals surface area contributed by atoms with Crippen molar-refractivity contribution in [1.29, 1.82) is 0 Å². The quantitative estimate of drug-likeness (QED) is 0.0474. The van der Waals surface area contributed by atoms with E-state index in [9.17, 15) is 19.8 Å². The molecule has 0 aliphatic heterocycles. The molecule has 8 heteroatoms. The Morgan fingerprint density at radius 1 is 0.379 bits per heavy atom. The number of aromatic carboxylic acids is 2. The molecule has 0 atom stereocenters. The number of hydrogen-bond donors (Lipinski definition) is 2. The van der Waals surface area contributed by atoms with Gasteiger partial charge in [0.1, 0.15) is 23.0 Å². The molecular formula is C58H66O8. The second kappa shape index (κ2) is 30.4. The highest BCUT2D eigenvalue weighted by molar-refractivity contribution is 5.88. The van der Waals surface area contributed by atoms with Crippen molar-refractivity contribution >= 4 is 11.9 Å². The van der Waals surface area contributed by atoms with E-state index in [4.69, 9.17) is 18.9 Å². The van der Waals surface area contributed by atoms with Crippen molar-refractivity contribution in [3.05, 3.63) is 117 Å². The molecule has 0 bridgehead atoms. The summed E-state index contributed by atoms with van der Waals surface area (Å²) in [6, 6.07) is 20.5. The first-order valence-corrected chi connectivity index (χ1v) is 23.9. The van der Waals surface area contributed by atoms with E-state index in [0.29, 0.717) is 82.8 Å². The van der Waals surface area contributed by atoms with Gasteiger partial charge in [-0.25, -0.2) is 9.59 Å². The third kappa shape index (κ3) is 18.8. The first kappa shape index (κ1) is 51.9. The number of benzene rings is 4. The van der Waals surface area contributed by atoms with Gasteiger partial charge in [-0.1, -0.05) is 128 Å². The number of hydrogen-bond acceptors (Lipinski definition) is 6. The van der Waals surface area contributed by atoms with Gasteiger partial charge in [-0.2, -0.15) is 0 Å². The average Bonchev–Trinajstić information content (AvgIpc) is 3.32. The normalized spacial score (nSPS) is 10.2. The van der Waals surface area contributed by atoms with Crippen LogP contribution in [0.3, 0.4) is 0 Å². The lowest BCUT2D eigenvalue weighted by Crippen LogP contribution is -2.03. The second-order valence-corrected chi connectivity index (χ2v) is 16.1. The predicted octanol–water partition coefficient (Wildman–Crippen LogP) is 13.1. The van der Waals surface area contributed by atoms with Gasteiger partial charge in [0.2, 0.25) is 0 Å². The molecule has 8 nitrogen and oxygen atoms in total. The van der Waals surface area contributed by atoms with Gasteiger partial charge in [0.15, 0.2) is 0 Å². The molecule has 0 saturated heterocycles. The topological polar surface area (TPSA) is 112 Å². The Morgan fingerprint density at radius 3 is 0.909 bits per heavy atom. The highest BCUT2D eigenvalue weighted by atomic mass is 16.5. The Labute approximate surface area is 393 Å². The zero-order valence-corrected chi connectivity index (χ0v) is 39.4. The van der Waals surface area contributed by atoms with Crippen LogP contribution >= 0.6 is 0 Å². The summed E-state index contributed by atoms with van der Waals surface area (Å²) in [4.78, 5) is 22.8. The van der Waals surface area contributed by atoms with Crippen LogP contribution in [0.25, 0.3) is 0 Å². The molecule has 346 valence electrons. The van der Waals surface area contributed by atoms with Crippen LogP contribution < -0.4 is 18.9 Å². The maximum atomic E-state index is 11.4. The lowest BCUT2D eigenvalue weighted by Gasteiger charge is -2.14. The zero-order valence-electron chi connectivity index (χ0n) is 39.4. The SMILES string of the molecule is CCCCCCOc1cc(C#Cc2ccc(C(=O)O)cc2)c(OCCCCCC)cc1C#CC#Cc1cc(OCCCCCC)c(C#Cc2ccc(C(=O)O)cc2)cc1OCCCCCC. The van der Waals surface area contributed by atoms with Crippen LogP contribution in [0.15, 0.2) is 72.8 Å². The second-order valence-electron chi connectivity index (χ2n) is 16.1. The Kier molecular flexibility index (Phi) is 23.9. The number of ether oxygens (including phenoxy) is 4. The maximum Gasteiger partial charge on any atom is 0.335 e. The van der Waals surface area contributed by atoms with Gasteiger partial charge >= 0.3 is 11.9 Å². The molecule has 4 rings (SSSR count). The fourth-order valence-electron chi connectivity index (χ4n) is 6.70. The largest absolute Gasteiger partial charge is 0.492 e. The standard InChI is InChI=1S/C58H66O8/c1-5-9-13-19-37-63-53-43-51(35-29-45-25-31-47(32-26-45)57(59)60)55(65-39-21-15-11-7-3)41-49(53)23-17-18-24-50-42-56(66-40-22-16-12-8-4)52(44-54(50)64-38-20-14-10-6-2)36-30-46-27-33-48(34-28-46)58(61)62/h25-28,31-34,41-44H,5-16,19-22,37-40H2,1-4H3,(H,59,60)(H,61,62). The molecule has 0 unspecified atom stereocenters. The predicted molar refractivity (Wildman–Crippen MR) is 264 cm³/mol. The molecule has 0 fully saturated rings. The molecule has 0 aliphatic rings. The van der Waals surface area contributed by atoms with Gasteiger partial charge in [-0.05, 0) is 97.9 Å². The van der Waals surface area contributed by atoms with Gasteiger partial charge in [0, 0.05) is 35.4 Å². The lowest BCUT2D eigenvalue weighted by molar-refractivity contribution is 0.0686. The minimum Gasteiger partial charge on any atom is -0.492 e. The molecule has 0 spiro atoms. The van der Waals surface area contributed by atoms with Crippen molar-refractivity contribution in [2.75, 3.05) is 26.4 Å². The highest BCUT2D eigenvalue weighted by Crippen LogP contribution is 2.31. The highest BCUT2D eigenvalue weighted by Gasteiger charge is 2.13. The van der Waals surface area contributed by atoms with E-state index >= 15 is 0 Å². The average molecular weight is 891 g/mol. The van der Waals surface area contributed by atoms with Gasteiger partial charge in [-0.3, -0.25) is 0 Å². The molecule has 66 heavy (non-hydrogen) atoms. The van der Waals surface area contributed by atoms with Crippen molar-refractivity contribution < 1.29 is 38.7 Å². The van der Waals surface area contributed by atoms with Gasteiger partial charge < -0.3 is 29.2 Å². The minimum absolute atomic E-state index is 0.199. The van der Waals surface area contributed by atoms with Crippen LogP contribution in [0.1, 0.15) is 185 Å². The number of carbonyl (C=O) groups is 2. The first-order valence-electron chi connectivity index (χ1n) is 23.9. The monoisotopic (exact) mass is 890 g/mol. The molecule has 0 amide bonds. The van der Waals surface area contributed by atoms with Crippen molar-refractivity contribution in [2.45, 2.75) is 130 Å². The molecule has 0 heterocycles. The third-order valence-corrected chi connectivity index (χ3v) is 10.6. The van der Waals surface area contributed by atoms with Crippen molar-refractivity contribution in [3.63, 3.8) is 0 Å². The number of carboxylic acid groups (broad SMARTS) is 2. The molecule has 4 aromatic carbocycles. The Balaban J connectivity index is 1.78. The summed E-state index contributed by atoms with van der Waals surface area (Å²) >= 11 is 0. The zero-order chi connectivity index (χ0) is 47.2. The Bertz CT molecular complexity index is 2230. The van der Waals surface area contributed by atoms with E-state index in [-0.39, 0.29) is 11.1 Å². The van der Waals surface area contributed by atoms with Crippen LogP contribution in [-0.2, 0) is 0 Å². The molecule has 0 aliphatic carbocycles. The Hall–Kier alpha value is -6.74. The van der Waals surface area contributed by atoms with Crippen LogP contribution in [0, 0.1) is 47.4 Å². The molecular weight excluding hydrogens is 825 g/mol. The van der Waals surface area contributed by atoms with Crippen molar-refractivity contribution in [2.24, 2.45) is 0 Å². The van der Waals surface area contributed by atoms with Crippen molar-refractivity contribution in [3.8, 4) is 70.4 Å². The number of unbranched alkanes of at least 4 members (excludes halogenated alkanes) is 12. The van der Waals surface area contributed by atoms with Gasteiger partial charge in [0.25, 0.3) is 0 Å². The summed E-state index contributed by atoms with van der Waals surface area (Å²) in [5.74, 6) is 25.9. The summed E-state index contributed by atoms with van der Waals surface area (Å²) in [5, 5.41) is 18.7. The molecule has 0 aromatic heterocycles. The van der Waals surface area contributed by atoms with Crippen LogP contribution in [0.5, 0.6) is 23.0 Å². The maximum absolute atomic E-state index is 11.4. The van der Waals surface area contributed by atoms with E-state index in [1.54, 1.807) is 48.5 Å². The smallest absolute Gasteiger partial charge is 0.335 e. The summed E-state index contributed by atoms with van der Waals surface area (Å²) in [6.45, 7) is 10.8. The molecule has 0 radical (unpaired) electrons. The summed E-state index contributed by atoms with van der Waals surface area (Å²) in [7, 11) is 0. The van der Waals surface area contributed by atoms with E-state index in [1.807, 2.05) is 24.3 Å². The molecule has 4 aromatic rings. The summed E-state index contributed by atoms with van der Waals surface area (Å²) < 4.78 is 25.5. The van der Waals surface area contributed by atoms with E-state index in [2.05, 4.69) is 75.1 Å². The van der Waals surface area contributed by atoms with Gasteiger partial charge in [-0.15, -0.1) is 0 Å². The first-order chi connectivity index (χ1) is 32.3. The number of rotatable bonds is 26. The van der Waals surface area contributed by atoms with E-state index in [1.165, 1.54) is 0 Å². The fraction of sp³-hybridized carbons (Fsp3) is 0.414. The van der Waals surface area contributed by atoms with Crippen LogP contribution in [0.4, 0.5) is 0 Å². The number of carboxylic acids is 2. The molecule has 0 saturated carbocycles. The van der Waals surface area contributed by atoms with Crippen LogP contribution in [0.2, 0.25) is 0 Å². The van der Waals surface area contributed by atoms with E-state index < -0.39 is 11.9 Å². The van der Waals surface area contributed by atoms with E-state index in [0.717, 1.165) is 103 Å². The van der Waals surface area contributed by atoms with Crippen molar-refractivity contribution in [1.82, 2.24) is 0 Å². The Morgan fingerprint density at radius 2 is 0.652 bits per heavy atom. The lowest BCUT2D eigenvalue weighted by atomic mass is 10.1. The molecule has 2 N–H and O–H groups in total. The summed E-state index contributed by atoms with van der Waals surface area (Å²) in [5.41, 5.74) is 4.31. The van der Waals surface area contributed by atoms with Crippen LogP contribution in [-0.4, -0.2) is 48.6 Å². The fourth-order valence-corrected chi connectivity index (χ4v) is 6.70. The minimum atomic E-state index is -0.988. The summed E-state index contributed by atoms with van der Waals surface area (Å²) in [6.07, 6.45) is 16.8.